The zero-order chi connectivity index (χ0) is 19.2. The second-order valence-corrected chi connectivity index (χ2v) is 6.72. The van der Waals surface area contributed by atoms with E-state index in [4.69, 9.17) is 9.15 Å². The largest absolute Gasteiger partial charge is 0.438 e. The van der Waals surface area contributed by atoms with Gasteiger partial charge in [-0.3, -0.25) is 9.59 Å². The number of hydrogen-bond acceptors (Lipinski definition) is 6. The molecule has 0 aliphatic carbocycles. The van der Waals surface area contributed by atoms with Crippen molar-refractivity contribution in [1.29, 1.82) is 0 Å². The lowest BCUT2D eigenvalue weighted by Crippen LogP contribution is -2.36. The molecule has 2 aromatic rings. The molecular weight excluding hydrogens is 416 g/mol. The fourth-order valence-corrected chi connectivity index (χ4v) is 3.14. The fraction of sp³-hybridized carbons (Fsp3) is 0.278. The highest BCUT2D eigenvalue weighted by molar-refractivity contribution is 9.10. The lowest BCUT2D eigenvalue weighted by Gasteiger charge is -2.26. The maximum atomic E-state index is 12.2. The molecule has 1 aliphatic heterocycles. The number of anilines is 2. The van der Waals surface area contributed by atoms with Crippen LogP contribution in [0.2, 0.25) is 0 Å². The summed E-state index contributed by atoms with van der Waals surface area (Å²) in [5.41, 5.74) is 3.37. The molecule has 0 radical (unpaired) electrons. The topological polar surface area (TPSA) is 96.2 Å². The summed E-state index contributed by atoms with van der Waals surface area (Å²) in [6.45, 7) is 4.23. The number of carbonyl (C=O) groups is 2. The Kier molecular flexibility index (Phi) is 6.25. The Morgan fingerprint density at radius 1 is 1.26 bits per heavy atom. The number of halogens is 1. The van der Waals surface area contributed by atoms with E-state index < -0.39 is 5.91 Å². The van der Waals surface area contributed by atoms with Gasteiger partial charge in [-0.15, -0.1) is 0 Å². The van der Waals surface area contributed by atoms with Gasteiger partial charge in [0.15, 0.2) is 5.76 Å². The smallest absolute Gasteiger partial charge is 0.271 e. The van der Waals surface area contributed by atoms with Crippen molar-refractivity contribution in [2.75, 3.05) is 36.5 Å². The molecule has 9 heteroatoms. The highest BCUT2D eigenvalue weighted by Crippen LogP contribution is 2.30. The Bertz CT molecular complexity index is 859. The Labute approximate surface area is 164 Å². The van der Waals surface area contributed by atoms with Crippen LogP contribution in [0.5, 0.6) is 0 Å². The minimum Gasteiger partial charge on any atom is -0.438 e. The lowest BCUT2D eigenvalue weighted by molar-refractivity contribution is -0.114. The molecule has 2 N–H and O–H groups in total. The van der Waals surface area contributed by atoms with Crippen molar-refractivity contribution in [3.05, 3.63) is 46.1 Å². The van der Waals surface area contributed by atoms with Crippen LogP contribution in [0.1, 0.15) is 23.0 Å². The predicted octanol–water partition coefficient (Wildman–Crippen LogP) is 2.60. The summed E-state index contributed by atoms with van der Waals surface area (Å²) in [5.74, 6) is 0.632. The molecule has 2 heterocycles. The van der Waals surface area contributed by atoms with Gasteiger partial charge in [-0.05, 0) is 34.1 Å². The van der Waals surface area contributed by atoms with Crippen LogP contribution in [-0.4, -0.2) is 44.3 Å². The Balaban J connectivity index is 1.62. The minimum absolute atomic E-state index is 0.204. The van der Waals surface area contributed by atoms with Gasteiger partial charge in [-0.25, -0.2) is 5.43 Å². The van der Waals surface area contributed by atoms with E-state index in [2.05, 4.69) is 36.7 Å². The van der Waals surface area contributed by atoms with Crippen molar-refractivity contribution in [3.63, 3.8) is 0 Å². The summed E-state index contributed by atoms with van der Waals surface area (Å²) < 4.78 is 11.9. The summed E-state index contributed by atoms with van der Waals surface area (Å²) in [7, 11) is 0. The number of hydrogen-bond donors (Lipinski definition) is 2. The van der Waals surface area contributed by atoms with Crippen LogP contribution in [0, 0.1) is 0 Å². The van der Waals surface area contributed by atoms with Crippen molar-refractivity contribution in [2.45, 2.75) is 6.92 Å². The van der Waals surface area contributed by atoms with Crippen LogP contribution in [-0.2, 0) is 9.53 Å². The molecule has 3 rings (SSSR count). The predicted molar refractivity (Wildman–Crippen MR) is 105 cm³/mol. The number of hydrazone groups is 1. The summed E-state index contributed by atoms with van der Waals surface area (Å²) in [5, 5.41) is 6.57. The molecule has 0 bridgehead atoms. The van der Waals surface area contributed by atoms with Gasteiger partial charge in [0, 0.05) is 37.3 Å². The number of amides is 2. The van der Waals surface area contributed by atoms with E-state index in [1.54, 1.807) is 30.3 Å². The molecule has 1 aromatic carbocycles. The van der Waals surface area contributed by atoms with E-state index in [0.29, 0.717) is 36.1 Å². The monoisotopic (exact) mass is 434 g/mol. The number of ether oxygens (including phenoxy) is 1. The van der Waals surface area contributed by atoms with E-state index in [9.17, 15) is 9.59 Å². The van der Waals surface area contributed by atoms with E-state index in [0.717, 1.165) is 17.6 Å². The van der Waals surface area contributed by atoms with Gasteiger partial charge in [0.05, 0.1) is 23.9 Å². The Hall–Kier alpha value is -2.65. The Morgan fingerprint density at radius 3 is 2.78 bits per heavy atom. The summed E-state index contributed by atoms with van der Waals surface area (Å²) in [4.78, 5) is 25.4. The van der Waals surface area contributed by atoms with Crippen molar-refractivity contribution in [2.24, 2.45) is 5.10 Å². The number of morpholine rings is 1. The van der Waals surface area contributed by atoms with E-state index in [1.807, 2.05) is 0 Å². The number of benzene rings is 1. The first-order valence-corrected chi connectivity index (χ1v) is 9.15. The molecule has 0 saturated carbocycles. The molecule has 0 spiro atoms. The molecular formula is C18H19BrN4O4. The van der Waals surface area contributed by atoms with Gasteiger partial charge in [0.1, 0.15) is 0 Å². The second kappa shape index (κ2) is 8.83. The third kappa shape index (κ3) is 5.18. The van der Waals surface area contributed by atoms with Crippen LogP contribution in [0.15, 0.2) is 44.3 Å². The molecule has 27 heavy (non-hydrogen) atoms. The normalized spacial score (nSPS) is 14.4. The maximum Gasteiger partial charge on any atom is 0.271 e. The van der Waals surface area contributed by atoms with Gasteiger partial charge in [0.25, 0.3) is 5.91 Å². The average Bonchev–Trinajstić information content (AvgIpc) is 3.02. The van der Waals surface area contributed by atoms with Gasteiger partial charge >= 0.3 is 0 Å². The quantitative estimate of drug-likeness (QED) is 0.556. The van der Waals surface area contributed by atoms with Gasteiger partial charge in [0.2, 0.25) is 11.8 Å². The molecule has 1 fully saturated rings. The molecule has 2 amide bonds. The third-order valence-corrected chi connectivity index (χ3v) is 4.36. The molecule has 1 aliphatic rings. The fourth-order valence-electron chi connectivity index (χ4n) is 2.58. The van der Waals surface area contributed by atoms with Gasteiger partial charge in [-0.2, -0.15) is 5.10 Å². The lowest BCUT2D eigenvalue weighted by atomic mass is 10.2. The van der Waals surface area contributed by atoms with Crippen molar-refractivity contribution in [3.8, 4) is 0 Å². The number of nitrogens with zero attached hydrogens (tertiary/aromatic N) is 2. The zero-order valence-corrected chi connectivity index (χ0v) is 16.3. The van der Waals surface area contributed by atoms with Crippen LogP contribution < -0.4 is 15.6 Å². The molecule has 1 aromatic heterocycles. The first-order valence-electron chi connectivity index (χ1n) is 8.36. The first kappa shape index (κ1) is 19.1. The standard InChI is InChI=1S/C18H19BrN4O4/c1-12(24)21-14-4-2-3-13(9-14)17(25)22-20-11-15-10-16(19)18(27-15)23-5-7-26-8-6-23/h2-4,9-11H,5-8H2,1H3,(H,21,24)(H,22,25). The van der Waals surface area contributed by atoms with Gasteiger partial charge < -0.3 is 19.4 Å². The van der Waals surface area contributed by atoms with E-state index >= 15 is 0 Å². The van der Waals surface area contributed by atoms with Crippen LogP contribution in [0.25, 0.3) is 0 Å². The van der Waals surface area contributed by atoms with Crippen LogP contribution in [0.3, 0.4) is 0 Å². The maximum absolute atomic E-state index is 12.2. The van der Waals surface area contributed by atoms with E-state index in [1.165, 1.54) is 13.1 Å². The van der Waals surface area contributed by atoms with Gasteiger partial charge in [-0.1, -0.05) is 6.07 Å². The summed E-state index contributed by atoms with van der Waals surface area (Å²) >= 11 is 3.48. The molecule has 1 saturated heterocycles. The molecule has 0 atom stereocenters. The first-order chi connectivity index (χ1) is 13.0. The van der Waals surface area contributed by atoms with Crippen LogP contribution in [0.4, 0.5) is 11.6 Å². The molecule has 0 unspecified atom stereocenters. The number of rotatable bonds is 5. The summed E-state index contributed by atoms with van der Waals surface area (Å²) in [6.07, 6.45) is 1.43. The Morgan fingerprint density at radius 2 is 2.04 bits per heavy atom. The van der Waals surface area contributed by atoms with Crippen LogP contribution >= 0.6 is 15.9 Å². The van der Waals surface area contributed by atoms with E-state index in [-0.39, 0.29) is 5.91 Å². The zero-order valence-electron chi connectivity index (χ0n) is 14.7. The molecule has 142 valence electrons. The minimum atomic E-state index is -0.391. The highest BCUT2D eigenvalue weighted by atomic mass is 79.9. The number of furan rings is 1. The van der Waals surface area contributed by atoms with Crippen molar-refractivity contribution < 1.29 is 18.7 Å². The second-order valence-electron chi connectivity index (χ2n) is 5.86. The number of carbonyl (C=O) groups excluding carboxylic acids is 2. The number of nitrogens with one attached hydrogen (secondary N) is 2. The SMILES string of the molecule is CC(=O)Nc1cccc(C(=O)NN=Cc2cc(Br)c(N3CCOCC3)o2)c1. The molecule has 8 nitrogen and oxygen atoms in total. The summed E-state index contributed by atoms with van der Waals surface area (Å²) in [6, 6.07) is 8.39. The average molecular weight is 435 g/mol. The third-order valence-electron chi connectivity index (χ3n) is 3.79. The highest BCUT2D eigenvalue weighted by Gasteiger charge is 2.18. The van der Waals surface area contributed by atoms with Crippen molar-refractivity contribution in [1.82, 2.24) is 5.43 Å². The van der Waals surface area contributed by atoms with Crippen molar-refractivity contribution >= 4 is 45.5 Å².